The number of furan rings is 1. The van der Waals surface area contributed by atoms with Crippen LogP contribution in [0.1, 0.15) is 92.7 Å². The lowest BCUT2D eigenvalue weighted by molar-refractivity contribution is 0.569. The lowest BCUT2D eigenvalue weighted by Crippen LogP contribution is -2.61. The van der Waals surface area contributed by atoms with Crippen molar-refractivity contribution in [1.29, 1.82) is 0 Å². The van der Waals surface area contributed by atoms with Gasteiger partial charge in [0.2, 0.25) is 0 Å². The molecular formula is C84H71BN2O. The first-order chi connectivity index (χ1) is 46.7. The Morgan fingerprint density at radius 2 is 0.750 bits per heavy atom. The van der Waals surface area contributed by atoms with Crippen LogP contribution in [0.5, 0.6) is 0 Å². The summed E-state index contributed by atoms with van der Waals surface area (Å²) < 4.78 is 98.7. The Hall–Kier alpha value is -9.90. The van der Waals surface area contributed by atoms with Crippen LogP contribution < -0.4 is 26.2 Å². The molecule has 0 radical (unpaired) electrons. The van der Waals surface area contributed by atoms with Gasteiger partial charge < -0.3 is 14.2 Å². The molecule has 0 amide bonds. The van der Waals surface area contributed by atoms with Crippen molar-refractivity contribution in [3.63, 3.8) is 0 Å². The van der Waals surface area contributed by atoms with Gasteiger partial charge in [0.25, 0.3) is 6.71 Å². The van der Waals surface area contributed by atoms with E-state index in [-0.39, 0.29) is 51.5 Å². The van der Waals surface area contributed by atoms with Crippen LogP contribution in [0.4, 0.5) is 34.1 Å². The quantitative estimate of drug-likeness (QED) is 0.141. The average molecular weight is 1150 g/mol. The van der Waals surface area contributed by atoms with Crippen LogP contribution in [0, 0.1) is 0 Å². The Balaban J connectivity index is 1.20. The average Bonchev–Trinajstić information content (AvgIpc) is 0.743. The second kappa shape index (κ2) is 20.9. The summed E-state index contributed by atoms with van der Waals surface area (Å²) >= 11 is 0. The first kappa shape index (κ1) is 44.5. The Morgan fingerprint density at radius 1 is 0.330 bits per heavy atom. The third kappa shape index (κ3) is 9.36. The summed E-state index contributed by atoms with van der Waals surface area (Å²) in [5.41, 5.74) is 19.6. The molecule has 0 spiro atoms. The number of benzene rings is 12. The van der Waals surface area contributed by atoms with Gasteiger partial charge in [-0.25, -0.2) is 0 Å². The van der Waals surface area contributed by atoms with Crippen LogP contribution in [0.2, 0.25) is 0 Å². The van der Waals surface area contributed by atoms with E-state index in [1.807, 2.05) is 84.9 Å². The number of hydrogen-bond donors (Lipinski definition) is 0. The van der Waals surface area contributed by atoms with Crippen LogP contribution in [-0.4, -0.2) is 6.71 Å². The minimum absolute atomic E-state index is 0.0574. The molecule has 13 aromatic rings. The minimum atomic E-state index is -0.615. The fraction of sp³-hybridized carbons (Fsp3) is 0.143. The molecule has 0 fully saturated rings. The Labute approximate surface area is 533 Å². The Morgan fingerprint density at radius 3 is 1.24 bits per heavy atom. The molecule has 0 bridgehead atoms. The summed E-state index contributed by atoms with van der Waals surface area (Å²) in [7, 11) is 0. The maximum atomic E-state index is 9.55. The number of nitrogens with zero attached hydrogens (tertiary/aromatic N) is 2. The lowest BCUT2D eigenvalue weighted by atomic mass is 9.33. The highest BCUT2D eigenvalue weighted by atomic mass is 16.3. The van der Waals surface area contributed by atoms with Gasteiger partial charge in [0, 0.05) is 44.8 Å². The normalized spacial score (nSPS) is 14.6. The van der Waals surface area contributed by atoms with Gasteiger partial charge in [-0.1, -0.05) is 274 Å². The molecule has 15 rings (SSSR count). The zero-order valence-corrected chi connectivity index (χ0v) is 51.0. The van der Waals surface area contributed by atoms with E-state index in [2.05, 4.69) is 193 Å². The van der Waals surface area contributed by atoms with E-state index in [1.54, 1.807) is 0 Å². The molecule has 3 nitrogen and oxygen atoms in total. The van der Waals surface area contributed by atoms with E-state index in [1.165, 1.54) is 0 Å². The van der Waals surface area contributed by atoms with Crippen LogP contribution in [0.15, 0.2) is 271 Å². The predicted molar refractivity (Wildman–Crippen MR) is 376 cm³/mol. The summed E-state index contributed by atoms with van der Waals surface area (Å²) in [5, 5.41) is 1.72. The van der Waals surface area contributed by atoms with Crippen LogP contribution in [-0.2, 0) is 16.2 Å². The smallest absolute Gasteiger partial charge is 0.252 e. The first-order valence-electron chi connectivity index (χ1n) is 35.4. The largest absolute Gasteiger partial charge is 0.456 e. The molecule has 2 aliphatic rings. The second-order valence-corrected chi connectivity index (χ2v) is 26.6. The zero-order chi connectivity index (χ0) is 68.9. The molecule has 0 saturated heterocycles. The van der Waals surface area contributed by atoms with Gasteiger partial charge in [-0.3, -0.25) is 0 Å². The molecular weight excluding hydrogens is 1060 g/mol. The summed E-state index contributed by atoms with van der Waals surface area (Å²) in [6.45, 7) is 19.6. The number of hydrogen-bond acceptors (Lipinski definition) is 3. The zero-order valence-electron chi connectivity index (χ0n) is 61.0. The number of anilines is 6. The first-order valence-corrected chi connectivity index (χ1v) is 30.4. The maximum Gasteiger partial charge on any atom is 0.252 e. The summed E-state index contributed by atoms with van der Waals surface area (Å²) in [5.74, 6) is 0. The summed E-state index contributed by atoms with van der Waals surface area (Å²) in [6, 6.07) is 67.6. The minimum Gasteiger partial charge on any atom is -0.456 e. The number of para-hydroxylation sites is 1. The van der Waals surface area contributed by atoms with Gasteiger partial charge in [0.1, 0.15) is 11.2 Å². The number of fused-ring (bicyclic) bond motifs is 7. The van der Waals surface area contributed by atoms with Crippen molar-refractivity contribution in [1.82, 2.24) is 0 Å². The SMILES string of the molecule is [2H]c1c([2H])c([2H])c(-c2ccc3c(c2)N(c2c(-c4ccccc4)cc(C(C)(C)C)cc2-c2ccccc2)c2cc(-c4cc(C(C)(C)C)cc(C(C)(C)C)c4)cc4c2B3c2ccc(-c3c([2H])c([2H])c([2H])c([2H])c3[2H])cc2N4c2c(-c3ccccc3)ccc3oc4ccccc4c23)c([2H])c1[2H]. The standard InChI is InChI=1S/C84H71BN2O/c1-82(2,3)63-45-61(46-64(51-63)83(4,5)6)62-49-74-79-75(50-62)87(81-66(56-31-19-12-20-32-56)41-44-77-78(81)67-37-25-26-38-76(67)88-77)73-48-60(55-29-17-11-18-30-55)40-43-71(73)85(79)70-42-39-59(54-27-15-10-16-28-54)47-72(70)86(74)80-68(57-33-21-13-22-34-57)52-65(84(7,8)9)53-69(80)58-35-23-14-24-36-58/h10-53H,1-9H3/i10D,11D,15D,16D,17D,18D,27D,28D,29D,30D. The van der Waals surface area contributed by atoms with E-state index in [0.29, 0.717) is 33.7 Å². The molecule has 0 atom stereocenters. The van der Waals surface area contributed by atoms with Crippen molar-refractivity contribution in [3.8, 4) is 66.8 Å². The molecule has 0 unspecified atom stereocenters. The molecule has 3 heterocycles. The van der Waals surface area contributed by atoms with Crippen LogP contribution in [0.3, 0.4) is 0 Å². The van der Waals surface area contributed by atoms with Crippen molar-refractivity contribution < 1.29 is 18.1 Å². The van der Waals surface area contributed by atoms with Crippen LogP contribution >= 0.6 is 0 Å². The van der Waals surface area contributed by atoms with Crippen molar-refractivity contribution in [2.45, 2.75) is 78.6 Å². The van der Waals surface area contributed by atoms with Crippen molar-refractivity contribution in [2.24, 2.45) is 0 Å². The topological polar surface area (TPSA) is 19.6 Å². The summed E-state index contributed by atoms with van der Waals surface area (Å²) in [4.78, 5) is 4.74. The van der Waals surface area contributed by atoms with Crippen molar-refractivity contribution >= 4 is 79.2 Å². The van der Waals surface area contributed by atoms with Gasteiger partial charge in [-0.2, -0.15) is 0 Å². The molecule has 1 aromatic heterocycles. The van der Waals surface area contributed by atoms with Crippen molar-refractivity contribution in [2.75, 3.05) is 9.80 Å². The van der Waals surface area contributed by atoms with Gasteiger partial charge in [-0.05, 0) is 154 Å². The van der Waals surface area contributed by atoms with Gasteiger partial charge in [0.05, 0.1) is 30.5 Å². The highest BCUT2D eigenvalue weighted by Crippen LogP contribution is 2.55. The molecule has 0 aliphatic carbocycles. The van der Waals surface area contributed by atoms with E-state index in [0.717, 1.165) is 111 Å². The fourth-order valence-electron chi connectivity index (χ4n) is 13.3. The van der Waals surface area contributed by atoms with E-state index in [9.17, 15) is 5.48 Å². The highest BCUT2D eigenvalue weighted by Gasteiger charge is 2.46. The Kier molecular flexibility index (Phi) is 10.6. The van der Waals surface area contributed by atoms with E-state index >= 15 is 0 Å². The van der Waals surface area contributed by atoms with E-state index in [4.69, 9.17) is 12.6 Å². The van der Waals surface area contributed by atoms with E-state index < -0.39 is 43.0 Å². The molecule has 88 heavy (non-hydrogen) atoms. The highest BCUT2D eigenvalue weighted by molar-refractivity contribution is 7.00. The molecule has 2 aliphatic heterocycles. The second-order valence-electron chi connectivity index (χ2n) is 26.6. The number of rotatable bonds is 8. The fourth-order valence-corrected chi connectivity index (χ4v) is 13.3. The molecule has 4 heteroatoms. The molecule has 426 valence electrons. The third-order valence-electron chi connectivity index (χ3n) is 17.8. The molecule has 12 aromatic carbocycles. The van der Waals surface area contributed by atoms with Gasteiger partial charge >= 0.3 is 0 Å². The monoisotopic (exact) mass is 1140 g/mol. The van der Waals surface area contributed by atoms with Gasteiger partial charge in [-0.15, -0.1) is 0 Å². The molecule has 0 N–H and O–H groups in total. The summed E-state index contributed by atoms with van der Waals surface area (Å²) in [6.07, 6.45) is 0. The Bertz CT molecular complexity index is 5330. The predicted octanol–water partition coefficient (Wildman–Crippen LogP) is 21.6. The molecule has 0 saturated carbocycles. The van der Waals surface area contributed by atoms with Gasteiger partial charge in [0.15, 0.2) is 0 Å². The van der Waals surface area contributed by atoms with Crippen molar-refractivity contribution in [3.05, 3.63) is 283 Å². The third-order valence-corrected chi connectivity index (χ3v) is 17.8. The van der Waals surface area contributed by atoms with Crippen LogP contribution in [0.25, 0.3) is 88.7 Å². The lowest BCUT2D eigenvalue weighted by Gasteiger charge is -2.46. The maximum absolute atomic E-state index is 9.55.